The molecule has 92 valence electrons. The molecule has 0 spiro atoms. The smallest absolute Gasteiger partial charge is 0.172 e. The molecule has 3 nitrogen and oxygen atoms in total. The highest BCUT2D eigenvalue weighted by molar-refractivity contribution is 9.10. The van der Waals surface area contributed by atoms with Gasteiger partial charge >= 0.3 is 0 Å². The number of nitrogens with zero attached hydrogens (tertiary/aromatic N) is 1. The summed E-state index contributed by atoms with van der Waals surface area (Å²) in [5.74, 6) is 0.726. The first kappa shape index (κ1) is 13.0. The summed E-state index contributed by atoms with van der Waals surface area (Å²) >= 11 is 8.53. The summed E-state index contributed by atoms with van der Waals surface area (Å²) in [6.07, 6.45) is 1.72. The van der Waals surface area contributed by atoms with Gasteiger partial charge in [-0.25, -0.2) is 4.98 Å². The Kier molecular flexibility index (Phi) is 4.66. The SMILES string of the molecule is S=C(NCc1ccccc1)Nc1ccc(Br)cn1. The highest BCUT2D eigenvalue weighted by Gasteiger charge is 1.98. The summed E-state index contributed by atoms with van der Waals surface area (Å²) in [6, 6.07) is 13.9. The van der Waals surface area contributed by atoms with Crippen LogP contribution in [0.2, 0.25) is 0 Å². The van der Waals surface area contributed by atoms with Gasteiger partial charge < -0.3 is 10.6 Å². The Hall–Kier alpha value is -1.46. The maximum absolute atomic E-state index is 5.19. The van der Waals surface area contributed by atoms with Crippen LogP contribution < -0.4 is 10.6 Å². The van der Waals surface area contributed by atoms with Crippen molar-refractivity contribution in [3.05, 3.63) is 58.7 Å². The lowest BCUT2D eigenvalue weighted by Gasteiger charge is -2.09. The van der Waals surface area contributed by atoms with Gasteiger partial charge in [-0.05, 0) is 45.8 Å². The second-order valence-electron chi connectivity index (χ2n) is 3.65. The van der Waals surface area contributed by atoms with Gasteiger partial charge in [-0.3, -0.25) is 0 Å². The number of anilines is 1. The summed E-state index contributed by atoms with van der Waals surface area (Å²) < 4.78 is 0.941. The fraction of sp³-hybridized carbons (Fsp3) is 0.0769. The molecule has 0 aliphatic rings. The number of hydrogen-bond acceptors (Lipinski definition) is 2. The second kappa shape index (κ2) is 6.47. The van der Waals surface area contributed by atoms with E-state index in [2.05, 4.69) is 31.5 Å². The molecule has 0 saturated carbocycles. The lowest BCUT2D eigenvalue weighted by atomic mass is 10.2. The zero-order valence-corrected chi connectivity index (χ0v) is 12.0. The monoisotopic (exact) mass is 321 g/mol. The van der Waals surface area contributed by atoms with Gasteiger partial charge in [0, 0.05) is 17.2 Å². The van der Waals surface area contributed by atoms with Crippen molar-refractivity contribution in [3.63, 3.8) is 0 Å². The molecule has 0 aliphatic carbocycles. The molecule has 18 heavy (non-hydrogen) atoms. The van der Waals surface area contributed by atoms with Crippen molar-refractivity contribution >= 4 is 39.1 Å². The fourth-order valence-electron chi connectivity index (χ4n) is 1.39. The molecule has 1 aromatic heterocycles. The molecule has 2 rings (SSSR count). The Balaban J connectivity index is 1.84. The lowest BCUT2D eigenvalue weighted by Crippen LogP contribution is -2.28. The third-order valence-electron chi connectivity index (χ3n) is 2.26. The average Bonchev–Trinajstić information content (AvgIpc) is 2.40. The van der Waals surface area contributed by atoms with Crippen LogP contribution in [0, 0.1) is 0 Å². The Bertz CT molecular complexity index is 514. The molecule has 0 aliphatic heterocycles. The zero-order valence-electron chi connectivity index (χ0n) is 9.56. The molecule has 2 aromatic rings. The topological polar surface area (TPSA) is 37.0 Å². The third kappa shape index (κ3) is 4.09. The molecule has 1 aromatic carbocycles. The summed E-state index contributed by atoms with van der Waals surface area (Å²) in [5.41, 5.74) is 1.19. The van der Waals surface area contributed by atoms with Crippen molar-refractivity contribution in [2.45, 2.75) is 6.54 Å². The Morgan fingerprint density at radius 1 is 1.17 bits per heavy atom. The predicted octanol–water partition coefficient (Wildman–Crippen LogP) is 3.33. The van der Waals surface area contributed by atoms with Gasteiger partial charge in [0.1, 0.15) is 5.82 Å². The van der Waals surface area contributed by atoms with E-state index in [1.54, 1.807) is 6.20 Å². The maximum atomic E-state index is 5.19. The van der Waals surface area contributed by atoms with Crippen LogP contribution in [0.3, 0.4) is 0 Å². The van der Waals surface area contributed by atoms with Crippen molar-refractivity contribution in [2.24, 2.45) is 0 Å². The first-order chi connectivity index (χ1) is 8.74. The van der Waals surface area contributed by atoms with Crippen molar-refractivity contribution in [1.29, 1.82) is 0 Å². The summed E-state index contributed by atoms with van der Waals surface area (Å²) in [6.45, 7) is 0.698. The molecule has 0 bridgehead atoms. The Morgan fingerprint density at radius 2 is 1.94 bits per heavy atom. The lowest BCUT2D eigenvalue weighted by molar-refractivity contribution is 0.925. The number of halogens is 1. The average molecular weight is 322 g/mol. The first-order valence-corrected chi connectivity index (χ1v) is 6.64. The van der Waals surface area contributed by atoms with Crippen LogP contribution in [-0.2, 0) is 6.54 Å². The van der Waals surface area contributed by atoms with Crippen LogP contribution in [0.25, 0.3) is 0 Å². The highest BCUT2D eigenvalue weighted by Crippen LogP contribution is 2.10. The normalized spacial score (nSPS) is 9.83. The molecule has 0 radical (unpaired) electrons. The third-order valence-corrected chi connectivity index (χ3v) is 2.98. The van der Waals surface area contributed by atoms with Crippen LogP contribution in [-0.4, -0.2) is 10.1 Å². The molecule has 1 heterocycles. The standard InChI is InChI=1S/C13H12BrN3S/c14-11-6-7-12(15-9-11)17-13(18)16-8-10-4-2-1-3-5-10/h1-7,9H,8H2,(H2,15,16,17,18). The van der Waals surface area contributed by atoms with E-state index < -0.39 is 0 Å². The minimum atomic E-state index is 0.564. The number of pyridine rings is 1. The Labute approximate surface area is 120 Å². The van der Waals surface area contributed by atoms with Crippen LogP contribution in [0.1, 0.15) is 5.56 Å². The van der Waals surface area contributed by atoms with Gasteiger partial charge in [-0.15, -0.1) is 0 Å². The zero-order chi connectivity index (χ0) is 12.8. The maximum Gasteiger partial charge on any atom is 0.172 e. The summed E-state index contributed by atoms with van der Waals surface area (Å²) in [7, 11) is 0. The van der Waals surface area contributed by atoms with Gasteiger partial charge in [0.05, 0.1) is 0 Å². The van der Waals surface area contributed by atoms with E-state index in [-0.39, 0.29) is 0 Å². The minimum absolute atomic E-state index is 0.564. The van der Waals surface area contributed by atoms with E-state index in [4.69, 9.17) is 12.2 Å². The van der Waals surface area contributed by atoms with E-state index in [0.29, 0.717) is 11.7 Å². The fourth-order valence-corrected chi connectivity index (χ4v) is 1.80. The van der Waals surface area contributed by atoms with E-state index >= 15 is 0 Å². The molecule has 0 amide bonds. The van der Waals surface area contributed by atoms with Crippen molar-refractivity contribution in [2.75, 3.05) is 5.32 Å². The number of aromatic nitrogens is 1. The molecule has 0 fully saturated rings. The molecular weight excluding hydrogens is 310 g/mol. The van der Waals surface area contributed by atoms with Gasteiger partial charge in [-0.2, -0.15) is 0 Å². The molecular formula is C13H12BrN3S. The number of thiocarbonyl (C=S) groups is 1. The van der Waals surface area contributed by atoms with E-state index in [1.165, 1.54) is 5.56 Å². The molecule has 0 unspecified atom stereocenters. The van der Waals surface area contributed by atoms with Crippen LogP contribution >= 0.6 is 28.1 Å². The van der Waals surface area contributed by atoms with E-state index in [9.17, 15) is 0 Å². The van der Waals surface area contributed by atoms with Gasteiger partial charge in [0.2, 0.25) is 0 Å². The predicted molar refractivity (Wildman–Crippen MR) is 81.4 cm³/mol. The van der Waals surface area contributed by atoms with Gasteiger partial charge in [0.25, 0.3) is 0 Å². The first-order valence-electron chi connectivity index (χ1n) is 5.44. The van der Waals surface area contributed by atoms with Gasteiger partial charge in [-0.1, -0.05) is 30.3 Å². The second-order valence-corrected chi connectivity index (χ2v) is 4.98. The van der Waals surface area contributed by atoms with Crippen molar-refractivity contribution in [1.82, 2.24) is 10.3 Å². The van der Waals surface area contributed by atoms with Crippen molar-refractivity contribution in [3.8, 4) is 0 Å². The number of rotatable bonds is 3. The molecule has 0 saturated heterocycles. The number of benzene rings is 1. The van der Waals surface area contributed by atoms with E-state index in [0.717, 1.165) is 10.3 Å². The van der Waals surface area contributed by atoms with Crippen LogP contribution in [0.5, 0.6) is 0 Å². The number of nitrogens with one attached hydrogen (secondary N) is 2. The van der Waals surface area contributed by atoms with Crippen molar-refractivity contribution < 1.29 is 0 Å². The largest absolute Gasteiger partial charge is 0.358 e. The molecule has 2 N–H and O–H groups in total. The highest BCUT2D eigenvalue weighted by atomic mass is 79.9. The summed E-state index contributed by atoms with van der Waals surface area (Å²) in [5, 5.41) is 6.72. The van der Waals surface area contributed by atoms with E-state index in [1.807, 2.05) is 42.5 Å². The quantitative estimate of drug-likeness (QED) is 0.850. The number of hydrogen-bond donors (Lipinski definition) is 2. The van der Waals surface area contributed by atoms with Crippen LogP contribution in [0.4, 0.5) is 5.82 Å². The minimum Gasteiger partial charge on any atom is -0.358 e. The molecule has 5 heteroatoms. The van der Waals surface area contributed by atoms with Gasteiger partial charge in [0.15, 0.2) is 5.11 Å². The molecule has 0 atom stereocenters. The summed E-state index contributed by atoms with van der Waals surface area (Å²) in [4.78, 5) is 4.19. The van der Waals surface area contributed by atoms with Crippen LogP contribution in [0.15, 0.2) is 53.1 Å². The Morgan fingerprint density at radius 3 is 2.61 bits per heavy atom.